The van der Waals surface area contributed by atoms with Crippen LogP contribution in [0.5, 0.6) is 23.0 Å². The van der Waals surface area contributed by atoms with Crippen molar-refractivity contribution in [3.05, 3.63) is 119 Å². The number of methoxy groups -OCH3 is 4. The summed E-state index contributed by atoms with van der Waals surface area (Å²) in [4.78, 5) is 68.8. The molecule has 0 radical (unpaired) electrons. The van der Waals surface area contributed by atoms with Crippen LogP contribution in [0.1, 0.15) is 22.3 Å². The minimum absolute atomic E-state index is 0.115. The van der Waals surface area contributed by atoms with Gasteiger partial charge in [-0.15, -0.1) is 0 Å². The summed E-state index contributed by atoms with van der Waals surface area (Å²) in [5.74, 6) is -4.38. The highest BCUT2D eigenvalue weighted by atomic mass is 16.5. The number of hydrogen-bond donors (Lipinski definition) is 5. The van der Waals surface area contributed by atoms with E-state index in [1.54, 1.807) is 97.1 Å². The highest BCUT2D eigenvalue weighted by Gasteiger charge is 2.38. The lowest BCUT2D eigenvalue weighted by Gasteiger charge is -2.37. The summed E-state index contributed by atoms with van der Waals surface area (Å²) in [7, 11) is 5.95. The molecule has 0 heterocycles. The molecule has 17 nitrogen and oxygen atoms in total. The predicted molar refractivity (Wildman–Crippen MR) is 230 cm³/mol. The number of rotatable bonds is 28. The Morgan fingerprint density at radius 3 is 0.794 bits per heavy atom. The van der Waals surface area contributed by atoms with Crippen molar-refractivity contribution in [3.8, 4) is 23.0 Å². The standard InChI is InChI=1S/C46H55N3O14/c1-60-34-13-5-30(6-14-34)25-38(43(52)53)48(39(44(54)55)26-31-7-15-35(61-2)16-8-31)23-21-47(29-42(50)51)22-24-49(40(45(56)57)27-32-9-17-36(62-3)18-10-32)41(46(58)59)28-33-11-19-37(63-4)20-12-33/h5-20,38-41H,21-29H2,1-4H3,(H,50,51)(H,52,53)(H,54,55)(H,56,57)(H,58,59). The fourth-order valence-electron chi connectivity index (χ4n) is 7.36. The number of benzene rings is 4. The lowest BCUT2D eigenvalue weighted by atomic mass is 9.98. The maximum absolute atomic E-state index is 13.1. The first kappa shape index (κ1) is 49.0. The molecule has 63 heavy (non-hydrogen) atoms. The monoisotopic (exact) mass is 873 g/mol. The SMILES string of the molecule is COc1ccc(CC(C(=O)O)N(CCN(CCN(C(Cc2ccc(OC)cc2)C(=O)O)C(Cc2ccc(OC)cc2)C(=O)O)CC(=O)O)C(Cc2ccc(OC)cc2)C(=O)O)cc1. The van der Waals surface area contributed by atoms with Crippen molar-refractivity contribution in [3.63, 3.8) is 0 Å². The summed E-state index contributed by atoms with van der Waals surface area (Å²) < 4.78 is 21.0. The maximum Gasteiger partial charge on any atom is 0.321 e. The van der Waals surface area contributed by atoms with E-state index >= 15 is 0 Å². The molecule has 0 saturated carbocycles. The fourth-order valence-corrected chi connectivity index (χ4v) is 7.36. The van der Waals surface area contributed by atoms with E-state index in [2.05, 4.69) is 0 Å². The van der Waals surface area contributed by atoms with Crippen LogP contribution in [0.25, 0.3) is 0 Å². The first-order valence-corrected chi connectivity index (χ1v) is 20.0. The third kappa shape index (κ3) is 14.7. The lowest BCUT2D eigenvalue weighted by molar-refractivity contribution is -0.152. The minimum atomic E-state index is -1.40. The number of carboxylic acids is 5. The van der Waals surface area contributed by atoms with Gasteiger partial charge in [0.1, 0.15) is 47.2 Å². The molecule has 4 rings (SSSR count). The molecule has 0 saturated heterocycles. The van der Waals surface area contributed by atoms with Crippen LogP contribution in [0, 0.1) is 0 Å². The largest absolute Gasteiger partial charge is 0.497 e. The van der Waals surface area contributed by atoms with E-state index in [0.717, 1.165) is 0 Å². The molecule has 5 N–H and O–H groups in total. The maximum atomic E-state index is 13.1. The van der Waals surface area contributed by atoms with E-state index < -0.39 is 60.6 Å². The Labute approximate surface area is 365 Å². The second kappa shape index (κ2) is 24.1. The van der Waals surface area contributed by atoms with Crippen molar-refractivity contribution in [2.45, 2.75) is 49.9 Å². The zero-order chi connectivity index (χ0) is 46.1. The van der Waals surface area contributed by atoms with Crippen molar-refractivity contribution < 1.29 is 68.5 Å². The summed E-state index contributed by atoms with van der Waals surface area (Å²) in [5.41, 5.74) is 2.31. The highest BCUT2D eigenvalue weighted by molar-refractivity contribution is 5.79. The first-order chi connectivity index (χ1) is 30.1. The Morgan fingerprint density at radius 1 is 0.397 bits per heavy atom. The molecular formula is C46H55N3O14. The molecule has 4 atom stereocenters. The van der Waals surface area contributed by atoms with Crippen LogP contribution in [0.2, 0.25) is 0 Å². The Morgan fingerprint density at radius 2 is 0.619 bits per heavy atom. The van der Waals surface area contributed by atoms with Crippen LogP contribution in [-0.2, 0) is 49.7 Å². The molecule has 0 amide bonds. The number of carboxylic acid groups (broad SMARTS) is 5. The Balaban J connectivity index is 1.72. The van der Waals surface area contributed by atoms with Gasteiger partial charge in [-0.05, 0) is 96.5 Å². The van der Waals surface area contributed by atoms with E-state index in [1.165, 1.54) is 43.1 Å². The van der Waals surface area contributed by atoms with Gasteiger partial charge in [0.25, 0.3) is 0 Å². The molecule has 4 unspecified atom stereocenters. The van der Waals surface area contributed by atoms with E-state index in [-0.39, 0.29) is 51.9 Å². The minimum Gasteiger partial charge on any atom is -0.497 e. The molecule has 4 aromatic carbocycles. The summed E-state index contributed by atoms with van der Waals surface area (Å²) in [5, 5.41) is 52.7. The van der Waals surface area contributed by atoms with Crippen LogP contribution in [0.3, 0.4) is 0 Å². The van der Waals surface area contributed by atoms with Gasteiger partial charge in [-0.1, -0.05) is 48.5 Å². The molecular weight excluding hydrogens is 819 g/mol. The second-order valence-corrected chi connectivity index (χ2v) is 14.8. The van der Waals surface area contributed by atoms with Gasteiger partial charge in [0.2, 0.25) is 0 Å². The van der Waals surface area contributed by atoms with Crippen molar-refractivity contribution >= 4 is 29.8 Å². The van der Waals surface area contributed by atoms with Crippen LogP contribution < -0.4 is 18.9 Å². The van der Waals surface area contributed by atoms with Crippen molar-refractivity contribution in [1.29, 1.82) is 0 Å². The Hall–Kier alpha value is -6.69. The second-order valence-electron chi connectivity index (χ2n) is 14.8. The lowest BCUT2D eigenvalue weighted by Crippen LogP contribution is -2.56. The highest BCUT2D eigenvalue weighted by Crippen LogP contribution is 2.23. The molecule has 17 heteroatoms. The summed E-state index contributed by atoms with van der Waals surface area (Å²) in [6, 6.07) is 21.0. The third-order valence-corrected chi connectivity index (χ3v) is 10.8. The molecule has 4 aromatic rings. The number of carbonyl (C=O) groups is 5. The van der Waals surface area contributed by atoms with E-state index in [9.17, 15) is 49.5 Å². The zero-order valence-corrected chi connectivity index (χ0v) is 35.7. The van der Waals surface area contributed by atoms with E-state index in [4.69, 9.17) is 18.9 Å². The molecule has 0 aliphatic heterocycles. The van der Waals surface area contributed by atoms with Crippen LogP contribution in [0.15, 0.2) is 97.1 Å². The van der Waals surface area contributed by atoms with Gasteiger partial charge in [-0.25, -0.2) is 0 Å². The number of ether oxygens (including phenoxy) is 4. The normalized spacial score (nSPS) is 13.2. The van der Waals surface area contributed by atoms with E-state index in [1.807, 2.05) is 0 Å². The first-order valence-electron chi connectivity index (χ1n) is 20.0. The van der Waals surface area contributed by atoms with Gasteiger partial charge < -0.3 is 44.5 Å². The molecule has 0 aliphatic rings. The Kier molecular flexibility index (Phi) is 18.7. The molecule has 0 aliphatic carbocycles. The molecule has 338 valence electrons. The topological polar surface area (TPSA) is 233 Å². The van der Waals surface area contributed by atoms with Crippen molar-refractivity contribution in [1.82, 2.24) is 14.7 Å². The quantitative estimate of drug-likeness (QED) is 0.0546. The molecule has 0 spiro atoms. The third-order valence-electron chi connectivity index (χ3n) is 10.8. The molecule has 0 fully saturated rings. The van der Waals surface area contributed by atoms with Gasteiger partial charge in [-0.3, -0.25) is 38.7 Å². The average molecular weight is 874 g/mol. The predicted octanol–water partition coefficient (Wildman–Crippen LogP) is 3.80. The molecule has 0 bridgehead atoms. The molecule has 0 aromatic heterocycles. The van der Waals surface area contributed by atoms with E-state index in [0.29, 0.717) is 45.3 Å². The summed E-state index contributed by atoms with van der Waals surface area (Å²) in [6.07, 6.45) is -0.461. The smallest absolute Gasteiger partial charge is 0.321 e. The van der Waals surface area contributed by atoms with Gasteiger partial charge >= 0.3 is 29.8 Å². The van der Waals surface area contributed by atoms with Gasteiger partial charge in [0.05, 0.1) is 35.0 Å². The van der Waals surface area contributed by atoms with Crippen molar-refractivity contribution in [2.75, 3.05) is 61.2 Å². The van der Waals surface area contributed by atoms with Gasteiger partial charge in [0, 0.05) is 26.2 Å². The fraction of sp³-hybridized carbons (Fsp3) is 0.370. The van der Waals surface area contributed by atoms with Crippen LogP contribution in [-0.4, -0.2) is 155 Å². The average Bonchev–Trinajstić information content (AvgIpc) is 3.27. The zero-order valence-electron chi connectivity index (χ0n) is 35.7. The van der Waals surface area contributed by atoms with Gasteiger partial charge in [0.15, 0.2) is 0 Å². The number of aliphatic carboxylic acids is 5. The van der Waals surface area contributed by atoms with Crippen molar-refractivity contribution in [2.24, 2.45) is 0 Å². The number of nitrogens with zero attached hydrogens (tertiary/aromatic N) is 3. The van der Waals surface area contributed by atoms with Crippen LogP contribution in [0.4, 0.5) is 0 Å². The number of hydrogen-bond acceptors (Lipinski definition) is 12. The Bertz CT molecular complexity index is 1820. The summed E-state index contributed by atoms with van der Waals surface area (Å²) >= 11 is 0. The van der Waals surface area contributed by atoms with Gasteiger partial charge in [-0.2, -0.15) is 0 Å². The van der Waals surface area contributed by atoms with Crippen LogP contribution >= 0.6 is 0 Å². The summed E-state index contributed by atoms with van der Waals surface area (Å²) in [6.45, 7) is -1.50.